The van der Waals surface area contributed by atoms with E-state index in [-0.39, 0.29) is 4.21 Å². The molecule has 0 saturated carbocycles. The van der Waals surface area contributed by atoms with Gasteiger partial charge in [0.05, 0.1) is 6.61 Å². The van der Waals surface area contributed by atoms with Crippen molar-refractivity contribution in [3.05, 3.63) is 41.3 Å². The van der Waals surface area contributed by atoms with Crippen molar-refractivity contribution in [2.75, 3.05) is 11.3 Å². The summed E-state index contributed by atoms with van der Waals surface area (Å²) in [6.07, 6.45) is 0.911. The standard InChI is InChI=1S/C14H14N2O3S2/c1-2-9-19-12-5-3-11(4-6-12)16-21(17,18)14-8-7-13(10-15)20-14/h3-8,16H,2,9H2,1H3. The largest absolute Gasteiger partial charge is 0.494 e. The summed E-state index contributed by atoms with van der Waals surface area (Å²) in [4.78, 5) is 0.360. The molecule has 1 N–H and O–H groups in total. The summed E-state index contributed by atoms with van der Waals surface area (Å²) in [6, 6.07) is 11.5. The minimum Gasteiger partial charge on any atom is -0.494 e. The van der Waals surface area contributed by atoms with Gasteiger partial charge in [-0.25, -0.2) is 8.42 Å². The van der Waals surface area contributed by atoms with Gasteiger partial charge in [0.1, 0.15) is 20.9 Å². The molecule has 0 saturated heterocycles. The second-order valence-corrected chi connectivity index (χ2v) is 7.20. The van der Waals surface area contributed by atoms with E-state index in [0.29, 0.717) is 22.9 Å². The predicted octanol–water partition coefficient (Wildman–Crippen LogP) is 3.21. The number of nitriles is 1. The molecule has 110 valence electrons. The lowest BCUT2D eigenvalue weighted by Crippen LogP contribution is -2.11. The fourth-order valence-corrected chi connectivity index (χ4v) is 3.73. The minimum atomic E-state index is -3.66. The van der Waals surface area contributed by atoms with Crippen LogP contribution in [-0.4, -0.2) is 15.0 Å². The van der Waals surface area contributed by atoms with Gasteiger partial charge in [0.25, 0.3) is 10.0 Å². The summed E-state index contributed by atoms with van der Waals surface area (Å²) in [5.41, 5.74) is 0.450. The summed E-state index contributed by atoms with van der Waals surface area (Å²) in [6.45, 7) is 2.64. The molecule has 0 aliphatic heterocycles. The average Bonchev–Trinajstić information content (AvgIpc) is 2.96. The van der Waals surface area contributed by atoms with E-state index in [9.17, 15) is 8.42 Å². The van der Waals surface area contributed by atoms with Gasteiger partial charge in [-0.1, -0.05) is 6.92 Å². The van der Waals surface area contributed by atoms with Crippen LogP contribution >= 0.6 is 11.3 Å². The van der Waals surface area contributed by atoms with E-state index >= 15 is 0 Å². The topological polar surface area (TPSA) is 79.2 Å². The third-order valence-corrected chi connectivity index (χ3v) is 5.40. The normalized spacial score (nSPS) is 10.9. The Labute approximate surface area is 127 Å². The zero-order valence-corrected chi connectivity index (χ0v) is 13.0. The van der Waals surface area contributed by atoms with E-state index in [1.807, 2.05) is 13.0 Å². The minimum absolute atomic E-state index is 0.116. The maximum Gasteiger partial charge on any atom is 0.271 e. The lowest BCUT2D eigenvalue weighted by molar-refractivity contribution is 0.317. The number of ether oxygens (including phenoxy) is 1. The quantitative estimate of drug-likeness (QED) is 0.885. The molecule has 0 unspecified atom stereocenters. The van der Waals surface area contributed by atoms with Crippen molar-refractivity contribution in [3.63, 3.8) is 0 Å². The average molecular weight is 322 g/mol. The van der Waals surface area contributed by atoms with Gasteiger partial charge in [-0.05, 0) is 42.8 Å². The number of nitrogens with zero attached hydrogens (tertiary/aromatic N) is 1. The summed E-state index contributed by atoms with van der Waals surface area (Å²) in [5.74, 6) is 0.697. The first-order valence-electron chi connectivity index (χ1n) is 6.31. The molecule has 0 aliphatic rings. The molecule has 21 heavy (non-hydrogen) atoms. The first-order chi connectivity index (χ1) is 10.0. The highest BCUT2D eigenvalue weighted by molar-refractivity contribution is 7.94. The second-order valence-electron chi connectivity index (χ2n) is 4.21. The lowest BCUT2D eigenvalue weighted by atomic mass is 10.3. The molecule has 1 heterocycles. The summed E-state index contributed by atoms with van der Waals surface area (Å²) in [5, 5.41) is 8.74. The fraction of sp³-hybridized carbons (Fsp3) is 0.214. The Hall–Kier alpha value is -2.04. The molecule has 0 aliphatic carbocycles. The van der Waals surface area contributed by atoms with Gasteiger partial charge in [0.2, 0.25) is 0 Å². The number of anilines is 1. The third kappa shape index (κ3) is 3.97. The number of rotatable bonds is 6. The maximum atomic E-state index is 12.1. The maximum absolute atomic E-state index is 12.1. The van der Waals surface area contributed by atoms with Crippen molar-refractivity contribution < 1.29 is 13.2 Å². The SMILES string of the molecule is CCCOc1ccc(NS(=O)(=O)c2ccc(C#N)s2)cc1. The summed E-state index contributed by atoms with van der Waals surface area (Å²) < 4.78 is 32.3. The molecule has 0 bridgehead atoms. The molecular formula is C14H14N2O3S2. The Kier molecular flexibility index (Phi) is 4.83. The highest BCUT2D eigenvalue weighted by atomic mass is 32.2. The monoisotopic (exact) mass is 322 g/mol. The molecule has 0 radical (unpaired) electrons. The van der Waals surface area contributed by atoms with Crippen molar-refractivity contribution in [1.29, 1.82) is 5.26 Å². The Balaban J connectivity index is 2.11. The third-order valence-electron chi connectivity index (χ3n) is 2.54. The lowest BCUT2D eigenvalue weighted by Gasteiger charge is -2.08. The van der Waals surface area contributed by atoms with Crippen LogP contribution in [0.4, 0.5) is 5.69 Å². The van der Waals surface area contributed by atoms with Crippen LogP contribution in [0, 0.1) is 11.3 Å². The first-order valence-corrected chi connectivity index (χ1v) is 8.61. The number of sulfonamides is 1. The van der Waals surface area contributed by atoms with Crippen LogP contribution in [0.3, 0.4) is 0 Å². The zero-order valence-electron chi connectivity index (χ0n) is 11.4. The van der Waals surface area contributed by atoms with Crippen LogP contribution in [0.1, 0.15) is 18.2 Å². The molecule has 2 rings (SSSR count). The zero-order chi connectivity index (χ0) is 15.3. The van der Waals surface area contributed by atoms with E-state index in [0.717, 1.165) is 17.8 Å². The van der Waals surface area contributed by atoms with E-state index in [1.165, 1.54) is 12.1 Å². The number of nitrogens with one attached hydrogen (secondary N) is 1. The molecule has 1 aromatic carbocycles. The van der Waals surface area contributed by atoms with E-state index in [4.69, 9.17) is 10.00 Å². The molecule has 0 amide bonds. The Morgan fingerprint density at radius 1 is 1.24 bits per heavy atom. The van der Waals surface area contributed by atoms with E-state index in [1.54, 1.807) is 24.3 Å². The number of thiophene rings is 1. The van der Waals surface area contributed by atoms with Gasteiger partial charge in [-0.3, -0.25) is 4.72 Å². The van der Waals surface area contributed by atoms with Crippen LogP contribution in [0.15, 0.2) is 40.6 Å². The molecular weight excluding hydrogens is 308 g/mol. The van der Waals surface area contributed by atoms with E-state index < -0.39 is 10.0 Å². The van der Waals surface area contributed by atoms with Gasteiger partial charge in [0.15, 0.2) is 0 Å². The Morgan fingerprint density at radius 2 is 1.95 bits per heavy atom. The van der Waals surface area contributed by atoms with Gasteiger partial charge < -0.3 is 4.74 Å². The second kappa shape index (κ2) is 6.61. The molecule has 0 atom stereocenters. The first kappa shape index (κ1) is 15.4. The van der Waals surface area contributed by atoms with Crippen molar-refractivity contribution >= 4 is 27.0 Å². The summed E-state index contributed by atoms with van der Waals surface area (Å²) in [7, 11) is -3.66. The van der Waals surface area contributed by atoms with Gasteiger partial charge in [0, 0.05) is 5.69 Å². The van der Waals surface area contributed by atoms with Gasteiger partial charge >= 0.3 is 0 Å². The smallest absolute Gasteiger partial charge is 0.271 e. The Morgan fingerprint density at radius 3 is 2.52 bits per heavy atom. The molecule has 7 heteroatoms. The predicted molar refractivity (Wildman–Crippen MR) is 82.1 cm³/mol. The van der Waals surface area contributed by atoms with Crippen LogP contribution in [0.2, 0.25) is 0 Å². The molecule has 2 aromatic rings. The number of hydrogen-bond donors (Lipinski definition) is 1. The molecule has 0 fully saturated rings. The van der Waals surface area contributed by atoms with Gasteiger partial charge in [-0.15, -0.1) is 11.3 Å². The van der Waals surface area contributed by atoms with Crippen LogP contribution in [-0.2, 0) is 10.0 Å². The van der Waals surface area contributed by atoms with Gasteiger partial charge in [-0.2, -0.15) is 5.26 Å². The van der Waals surface area contributed by atoms with Crippen LogP contribution in [0.25, 0.3) is 0 Å². The molecule has 5 nitrogen and oxygen atoms in total. The van der Waals surface area contributed by atoms with Crippen molar-refractivity contribution in [1.82, 2.24) is 0 Å². The van der Waals surface area contributed by atoms with Crippen molar-refractivity contribution in [2.24, 2.45) is 0 Å². The van der Waals surface area contributed by atoms with E-state index in [2.05, 4.69) is 4.72 Å². The fourth-order valence-electron chi connectivity index (χ4n) is 1.57. The number of hydrogen-bond acceptors (Lipinski definition) is 5. The van der Waals surface area contributed by atoms with Crippen molar-refractivity contribution in [3.8, 4) is 11.8 Å². The van der Waals surface area contributed by atoms with Crippen LogP contribution < -0.4 is 9.46 Å². The van der Waals surface area contributed by atoms with Crippen LogP contribution in [0.5, 0.6) is 5.75 Å². The highest BCUT2D eigenvalue weighted by Crippen LogP contribution is 2.24. The highest BCUT2D eigenvalue weighted by Gasteiger charge is 2.17. The van der Waals surface area contributed by atoms with Crippen molar-refractivity contribution in [2.45, 2.75) is 17.6 Å². The summed E-state index contributed by atoms with van der Waals surface area (Å²) >= 11 is 0.937. The molecule has 1 aromatic heterocycles. The number of benzene rings is 1. The Bertz CT molecular complexity index is 743. The molecule has 0 spiro atoms.